The van der Waals surface area contributed by atoms with Crippen molar-refractivity contribution in [3.05, 3.63) is 52.7 Å². The Bertz CT molecular complexity index is 745. The molecule has 0 bridgehead atoms. The van der Waals surface area contributed by atoms with E-state index < -0.39 is 30.2 Å². The van der Waals surface area contributed by atoms with Crippen LogP contribution in [-0.4, -0.2) is 24.4 Å². The van der Waals surface area contributed by atoms with Crippen molar-refractivity contribution in [1.29, 1.82) is 0 Å². The fraction of sp³-hybridized carbons (Fsp3) is 0.133. The topological polar surface area (TPSA) is 98.5 Å². The van der Waals surface area contributed by atoms with Gasteiger partial charge in [-0.3, -0.25) is 14.4 Å². The van der Waals surface area contributed by atoms with E-state index in [2.05, 4.69) is 5.32 Å². The van der Waals surface area contributed by atoms with Crippen molar-refractivity contribution in [1.82, 2.24) is 0 Å². The molecule has 0 aliphatic heterocycles. The molecule has 2 aromatic rings. The fourth-order valence-corrected chi connectivity index (χ4v) is 2.58. The van der Waals surface area contributed by atoms with Crippen LogP contribution in [0.4, 0.5) is 9.39 Å². The number of carbonyl (C=O) groups excluding carboxylic acids is 3. The summed E-state index contributed by atoms with van der Waals surface area (Å²) in [7, 11) is 0. The molecule has 0 fully saturated rings. The van der Waals surface area contributed by atoms with Gasteiger partial charge >= 0.3 is 5.97 Å². The molecular weight excluding hydrogens is 323 g/mol. The molecule has 0 aliphatic carbocycles. The van der Waals surface area contributed by atoms with Crippen LogP contribution < -0.4 is 11.1 Å². The number of thiophene rings is 1. The van der Waals surface area contributed by atoms with Crippen LogP contribution in [0.25, 0.3) is 0 Å². The predicted octanol–water partition coefficient (Wildman–Crippen LogP) is 1.71. The molecule has 8 heteroatoms. The molecule has 1 aromatic heterocycles. The van der Waals surface area contributed by atoms with E-state index in [-0.39, 0.29) is 12.0 Å². The number of ether oxygens (including phenoxy) is 1. The second-order valence-corrected chi connectivity index (χ2v) is 5.46. The number of hydrogen-bond donors (Lipinski definition) is 2. The van der Waals surface area contributed by atoms with E-state index in [0.29, 0.717) is 10.6 Å². The third kappa shape index (κ3) is 4.89. The van der Waals surface area contributed by atoms with Gasteiger partial charge in [0, 0.05) is 0 Å². The van der Waals surface area contributed by atoms with E-state index in [9.17, 15) is 18.8 Å². The summed E-state index contributed by atoms with van der Waals surface area (Å²) in [6, 6.07) is 7.02. The van der Waals surface area contributed by atoms with Gasteiger partial charge in [-0.2, -0.15) is 0 Å². The summed E-state index contributed by atoms with van der Waals surface area (Å²) in [6.07, 6.45) is -0.142. The van der Waals surface area contributed by atoms with Crippen LogP contribution in [-0.2, 0) is 20.7 Å². The molecule has 0 radical (unpaired) electrons. The standard InChI is InChI=1S/C15H13FN2O4S/c16-10-3-1-2-9(6-10)7-13(20)22-8-12(19)18-15-11(14(17)21)4-5-23-15/h1-6H,7-8H2,(H2,17,21)(H,18,19). The van der Waals surface area contributed by atoms with Gasteiger partial charge in [0.05, 0.1) is 12.0 Å². The summed E-state index contributed by atoms with van der Waals surface area (Å²) >= 11 is 1.13. The van der Waals surface area contributed by atoms with E-state index >= 15 is 0 Å². The first-order valence-electron chi connectivity index (χ1n) is 6.53. The number of carbonyl (C=O) groups is 3. The van der Waals surface area contributed by atoms with Crippen LogP contribution in [0, 0.1) is 5.82 Å². The number of primary amides is 1. The number of nitrogens with one attached hydrogen (secondary N) is 1. The first-order chi connectivity index (χ1) is 11.0. The summed E-state index contributed by atoms with van der Waals surface area (Å²) in [5, 5.41) is 4.34. The fourth-order valence-electron chi connectivity index (χ4n) is 1.77. The Morgan fingerprint density at radius 1 is 1.26 bits per heavy atom. The van der Waals surface area contributed by atoms with Gasteiger partial charge in [-0.05, 0) is 29.1 Å². The third-order valence-electron chi connectivity index (χ3n) is 2.79. The number of halogens is 1. The van der Waals surface area contributed by atoms with E-state index in [1.54, 1.807) is 11.4 Å². The summed E-state index contributed by atoms with van der Waals surface area (Å²) in [5.74, 6) is -2.37. The molecule has 0 saturated heterocycles. The van der Waals surface area contributed by atoms with Gasteiger partial charge in [-0.25, -0.2) is 4.39 Å². The Kier molecular flexibility index (Phi) is 5.42. The monoisotopic (exact) mass is 336 g/mol. The number of amides is 2. The summed E-state index contributed by atoms with van der Waals surface area (Å²) < 4.78 is 17.8. The van der Waals surface area contributed by atoms with Crippen LogP contribution in [0.1, 0.15) is 15.9 Å². The van der Waals surface area contributed by atoms with Crippen molar-refractivity contribution in [2.75, 3.05) is 11.9 Å². The Morgan fingerprint density at radius 3 is 2.74 bits per heavy atom. The smallest absolute Gasteiger partial charge is 0.310 e. The van der Waals surface area contributed by atoms with Gasteiger partial charge in [-0.15, -0.1) is 11.3 Å². The number of benzene rings is 1. The first-order valence-corrected chi connectivity index (χ1v) is 7.41. The molecule has 1 aromatic carbocycles. The summed E-state index contributed by atoms with van der Waals surface area (Å²) in [6.45, 7) is -0.510. The van der Waals surface area contributed by atoms with Crippen LogP contribution in [0.5, 0.6) is 0 Å². The lowest BCUT2D eigenvalue weighted by atomic mass is 10.1. The summed E-state index contributed by atoms with van der Waals surface area (Å²) in [4.78, 5) is 34.4. The highest BCUT2D eigenvalue weighted by atomic mass is 32.1. The van der Waals surface area contributed by atoms with Crippen LogP contribution in [0.3, 0.4) is 0 Å². The number of nitrogens with two attached hydrogens (primary N) is 1. The maximum absolute atomic E-state index is 13.0. The van der Waals surface area contributed by atoms with Crippen LogP contribution >= 0.6 is 11.3 Å². The third-order valence-corrected chi connectivity index (χ3v) is 3.62. The molecule has 2 rings (SSSR count). The number of anilines is 1. The molecule has 0 aliphatic rings. The second kappa shape index (κ2) is 7.50. The minimum Gasteiger partial charge on any atom is -0.455 e. The van der Waals surface area contributed by atoms with Crippen molar-refractivity contribution in [2.45, 2.75) is 6.42 Å². The van der Waals surface area contributed by atoms with Gasteiger partial charge in [0.25, 0.3) is 11.8 Å². The Morgan fingerprint density at radius 2 is 2.04 bits per heavy atom. The van der Waals surface area contributed by atoms with E-state index in [4.69, 9.17) is 10.5 Å². The molecule has 3 N–H and O–H groups in total. The van der Waals surface area contributed by atoms with Gasteiger partial charge in [-0.1, -0.05) is 12.1 Å². The molecule has 0 saturated carbocycles. The van der Waals surface area contributed by atoms with E-state index in [1.165, 1.54) is 24.3 Å². The van der Waals surface area contributed by atoms with E-state index in [1.807, 2.05) is 0 Å². The zero-order valence-corrected chi connectivity index (χ0v) is 12.7. The SMILES string of the molecule is NC(=O)c1ccsc1NC(=O)COC(=O)Cc1cccc(F)c1. The van der Waals surface area contributed by atoms with Gasteiger partial charge < -0.3 is 15.8 Å². The largest absolute Gasteiger partial charge is 0.455 e. The maximum atomic E-state index is 13.0. The number of rotatable bonds is 6. The highest BCUT2D eigenvalue weighted by Gasteiger charge is 2.14. The number of hydrogen-bond acceptors (Lipinski definition) is 5. The first kappa shape index (κ1) is 16.6. The molecule has 0 atom stereocenters. The maximum Gasteiger partial charge on any atom is 0.310 e. The molecule has 2 amide bonds. The van der Waals surface area contributed by atoms with Crippen LogP contribution in [0.15, 0.2) is 35.7 Å². The molecule has 6 nitrogen and oxygen atoms in total. The average molecular weight is 336 g/mol. The van der Waals surface area contributed by atoms with Crippen molar-refractivity contribution < 1.29 is 23.5 Å². The Hall–Kier alpha value is -2.74. The molecule has 0 spiro atoms. The normalized spacial score (nSPS) is 10.1. The molecule has 120 valence electrons. The lowest BCUT2D eigenvalue weighted by molar-refractivity contribution is -0.146. The van der Waals surface area contributed by atoms with Gasteiger partial charge in [0.1, 0.15) is 10.8 Å². The lowest BCUT2D eigenvalue weighted by Crippen LogP contribution is -2.22. The van der Waals surface area contributed by atoms with Gasteiger partial charge in [0.15, 0.2) is 6.61 Å². The highest BCUT2D eigenvalue weighted by molar-refractivity contribution is 7.14. The minimum absolute atomic E-state index is 0.142. The highest BCUT2D eigenvalue weighted by Crippen LogP contribution is 2.22. The minimum atomic E-state index is -0.662. The van der Waals surface area contributed by atoms with Crippen molar-refractivity contribution >= 4 is 34.1 Å². The average Bonchev–Trinajstić information content (AvgIpc) is 2.93. The zero-order chi connectivity index (χ0) is 16.8. The van der Waals surface area contributed by atoms with Crippen molar-refractivity contribution in [3.63, 3.8) is 0 Å². The summed E-state index contributed by atoms with van der Waals surface area (Å²) in [5.41, 5.74) is 5.79. The Balaban J connectivity index is 1.83. The quantitative estimate of drug-likeness (QED) is 0.785. The second-order valence-electron chi connectivity index (χ2n) is 4.54. The predicted molar refractivity (Wildman–Crippen MR) is 82.5 cm³/mol. The van der Waals surface area contributed by atoms with Crippen LogP contribution in [0.2, 0.25) is 0 Å². The lowest BCUT2D eigenvalue weighted by Gasteiger charge is -2.06. The van der Waals surface area contributed by atoms with Gasteiger partial charge in [0.2, 0.25) is 0 Å². The van der Waals surface area contributed by atoms with Crippen molar-refractivity contribution in [2.24, 2.45) is 5.73 Å². The zero-order valence-electron chi connectivity index (χ0n) is 11.9. The van der Waals surface area contributed by atoms with Crippen molar-refractivity contribution in [3.8, 4) is 0 Å². The Labute approximate surface area is 135 Å². The molecule has 23 heavy (non-hydrogen) atoms. The molecule has 1 heterocycles. The molecule has 0 unspecified atom stereocenters. The van der Waals surface area contributed by atoms with E-state index in [0.717, 1.165) is 11.3 Å². The number of esters is 1. The molecular formula is C15H13FN2O4S.